The second-order valence-electron chi connectivity index (χ2n) is 6.02. The van der Waals surface area contributed by atoms with Gasteiger partial charge in [-0.15, -0.1) is 0 Å². The Balaban J connectivity index is 1.80. The van der Waals surface area contributed by atoms with E-state index in [9.17, 15) is 9.18 Å². The first-order chi connectivity index (χ1) is 13.6. The van der Waals surface area contributed by atoms with Crippen molar-refractivity contribution >= 4 is 34.1 Å². The summed E-state index contributed by atoms with van der Waals surface area (Å²) >= 11 is 0. The molecule has 3 aromatic heterocycles. The number of carbonyl (C=O) groups is 1. The minimum Gasteiger partial charge on any atom is -0.436 e. The van der Waals surface area contributed by atoms with Gasteiger partial charge in [0.15, 0.2) is 5.58 Å². The SMILES string of the molecule is CNC(=O)c1cc(-c2nccc3c(Nc4ccc(F)cc4)c(N)oc23)ccn1. The average molecular weight is 377 g/mol. The van der Waals surface area contributed by atoms with Crippen molar-refractivity contribution in [1.29, 1.82) is 0 Å². The highest BCUT2D eigenvalue weighted by atomic mass is 19.1. The minimum atomic E-state index is -0.327. The summed E-state index contributed by atoms with van der Waals surface area (Å²) in [6, 6.07) is 11.1. The normalized spacial score (nSPS) is 10.8. The van der Waals surface area contributed by atoms with Gasteiger partial charge in [0.2, 0.25) is 5.88 Å². The number of carbonyl (C=O) groups excluding carboxylic acids is 1. The third-order valence-corrected chi connectivity index (χ3v) is 4.24. The lowest BCUT2D eigenvalue weighted by atomic mass is 10.1. The van der Waals surface area contributed by atoms with Gasteiger partial charge in [-0.25, -0.2) is 4.39 Å². The third kappa shape index (κ3) is 3.11. The van der Waals surface area contributed by atoms with Crippen molar-refractivity contribution in [2.75, 3.05) is 18.1 Å². The highest BCUT2D eigenvalue weighted by Crippen LogP contribution is 2.39. The van der Waals surface area contributed by atoms with E-state index in [0.717, 1.165) is 0 Å². The van der Waals surface area contributed by atoms with E-state index in [4.69, 9.17) is 10.2 Å². The van der Waals surface area contributed by atoms with Crippen LogP contribution in [0.1, 0.15) is 10.5 Å². The van der Waals surface area contributed by atoms with Gasteiger partial charge in [0.05, 0.1) is 5.39 Å². The summed E-state index contributed by atoms with van der Waals surface area (Å²) in [4.78, 5) is 20.3. The van der Waals surface area contributed by atoms with Crippen molar-refractivity contribution in [1.82, 2.24) is 15.3 Å². The van der Waals surface area contributed by atoms with Crippen LogP contribution in [0.3, 0.4) is 0 Å². The van der Waals surface area contributed by atoms with E-state index in [1.807, 2.05) is 0 Å². The van der Waals surface area contributed by atoms with Crippen LogP contribution >= 0.6 is 0 Å². The number of fused-ring (bicyclic) bond motifs is 1. The zero-order valence-corrected chi connectivity index (χ0v) is 14.9. The number of benzene rings is 1. The predicted molar refractivity (Wildman–Crippen MR) is 105 cm³/mol. The number of hydrogen-bond acceptors (Lipinski definition) is 6. The molecule has 140 valence electrons. The van der Waals surface area contributed by atoms with Crippen LogP contribution in [0.5, 0.6) is 0 Å². The Morgan fingerprint density at radius 1 is 1.11 bits per heavy atom. The van der Waals surface area contributed by atoms with E-state index in [-0.39, 0.29) is 23.3 Å². The van der Waals surface area contributed by atoms with E-state index < -0.39 is 0 Å². The van der Waals surface area contributed by atoms with Crippen molar-refractivity contribution in [3.05, 3.63) is 66.4 Å². The van der Waals surface area contributed by atoms with Crippen molar-refractivity contribution in [2.24, 2.45) is 0 Å². The third-order valence-electron chi connectivity index (χ3n) is 4.24. The van der Waals surface area contributed by atoms with Gasteiger partial charge >= 0.3 is 0 Å². The molecule has 0 radical (unpaired) electrons. The maximum Gasteiger partial charge on any atom is 0.269 e. The molecule has 0 atom stereocenters. The van der Waals surface area contributed by atoms with E-state index in [0.29, 0.717) is 33.6 Å². The van der Waals surface area contributed by atoms with E-state index in [1.165, 1.54) is 25.4 Å². The van der Waals surface area contributed by atoms with Gasteiger partial charge in [-0.2, -0.15) is 0 Å². The lowest BCUT2D eigenvalue weighted by molar-refractivity contribution is 0.0958. The van der Waals surface area contributed by atoms with Crippen LogP contribution in [0, 0.1) is 5.82 Å². The van der Waals surface area contributed by atoms with Gasteiger partial charge < -0.3 is 20.8 Å². The first-order valence-corrected chi connectivity index (χ1v) is 8.45. The summed E-state index contributed by atoms with van der Waals surface area (Å²) < 4.78 is 18.9. The number of rotatable bonds is 4. The molecular formula is C20H16FN5O2. The van der Waals surface area contributed by atoms with Gasteiger partial charge in [-0.1, -0.05) is 0 Å². The van der Waals surface area contributed by atoms with Gasteiger partial charge in [-0.3, -0.25) is 14.8 Å². The smallest absolute Gasteiger partial charge is 0.269 e. The Kier molecular flexibility index (Phi) is 4.36. The molecule has 0 saturated carbocycles. The van der Waals surface area contributed by atoms with Crippen molar-refractivity contribution in [3.63, 3.8) is 0 Å². The molecule has 0 unspecified atom stereocenters. The summed E-state index contributed by atoms with van der Waals surface area (Å²) in [5.74, 6) is -0.451. The molecule has 0 aliphatic carbocycles. The van der Waals surface area contributed by atoms with Crippen LogP contribution in [0.25, 0.3) is 22.2 Å². The lowest BCUT2D eigenvalue weighted by Crippen LogP contribution is -2.19. The highest BCUT2D eigenvalue weighted by molar-refractivity contribution is 6.04. The highest BCUT2D eigenvalue weighted by Gasteiger charge is 2.18. The van der Waals surface area contributed by atoms with Gasteiger partial charge in [0.25, 0.3) is 5.91 Å². The number of nitrogens with two attached hydrogens (primary N) is 1. The topological polar surface area (TPSA) is 106 Å². The molecule has 4 aromatic rings. The number of nitrogen functional groups attached to an aromatic ring is 1. The summed E-state index contributed by atoms with van der Waals surface area (Å²) in [5, 5.41) is 6.40. The number of halogens is 1. The monoisotopic (exact) mass is 377 g/mol. The molecule has 7 nitrogen and oxygen atoms in total. The largest absolute Gasteiger partial charge is 0.436 e. The second kappa shape index (κ2) is 6.99. The average Bonchev–Trinajstić information content (AvgIpc) is 3.04. The Morgan fingerprint density at radius 3 is 2.61 bits per heavy atom. The van der Waals surface area contributed by atoms with Crippen LogP contribution in [-0.2, 0) is 0 Å². The molecule has 0 bridgehead atoms. The zero-order valence-electron chi connectivity index (χ0n) is 14.9. The Labute approximate surface area is 159 Å². The van der Waals surface area contributed by atoms with E-state index in [2.05, 4.69) is 20.6 Å². The van der Waals surface area contributed by atoms with Crippen LogP contribution in [-0.4, -0.2) is 22.9 Å². The molecular weight excluding hydrogens is 361 g/mol. The number of amides is 1. The van der Waals surface area contributed by atoms with Gasteiger partial charge in [0.1, 0.15) is 22.9 Å². The number of nitrogens with zero attached hydrogens (tertiary/aromatic N) is 2. The standard InChI is InChI=1S/C20H16FN5O2/c1-23-20(27)15-10-11(6-8-24-15)16-18-14(7-9-25-16)17(19(22)28-18)26-13-4-2-12(21)3-5-13/h2-10,26H,22H2,1H3,(H,23,27). The number of pyridine rings is 2. The van der Waals surface area contributed by atoms with E-state index in [1.54, 1.807) is 36.5 Å². The first-order valence-electron chi connectivity index (χ1n) is 8.45. The van der Waals surface area contributed by atoms with Crippen molar-refractivity contribution < 1.29 is 13.6 Å². The molecule has 1 aromatic carbocycles. The number of aromatic nitrogens is 2. The van der Waals surface area contributed by atoms with Crippen LogP contribution in [0.4, 0.5) is 21.6 Å². The summed E-state index contributed by atoms with van der Waals surface area (Å²) in [5.41, 5.74) is 9.23. The number of furan rings is 1. The minimum absolute atomic E-state index is 0.175. The van der Waals surface area contributed by atoms with Crippen LogP contribution in [0.15, 0.2) is 59.3 Å². The predicted octanol–water partition coefficient (Wildman–Crippen LogP) is 3.71. The molecule has 0 aliphatic rings. The Hall–Kier alpha value is -3.94. The molecule has 4 N–H and O–H groups in total. The molecule has 0 spiro atoms. The maximum absolute atomic E-state index is 13.1. The van der Waals surface area contributed by atoms with Crippen LogP contribution in [0.2, 0.25) is 0 Å². The van der Waals surface area contributed by atoms with E-state index >= 15 is 0 Å². The second-order valence-corrected chi connectivity index (χ2v) is 6.02. The summed E-state index contributed by atoms with van der Waals surface area (Å²) in [6.07, 6.45) is 3.16. The van der Waals surface area contributed by atoms with Crippen molar-refractivity contribution in [3.8, 4) is 11.3 Å². The molecule has 1 amide bonds. The zero-order chi connectivity index (χ0) is 19.7. The molecule has 4 rings (SSSR count). The first kappa shape index (κ1) is 17.5. The molecule has 28 heavy (non-hydrogen) atoms. The quantitative estimate of drug-likeness (QED) is 0.501. The Bertz CT molecular complexity index is 1170. The van der Waals surface area contributed by atoms with Gasteiger partial charge in [-0.05, 0) is 42.5 Å². The number of anilines is 3. The molecule has 3 heterocycles. The Morgan fingerprint density at radius 2 is 1.86 bits per heavy atom. The van der Waals surface area contributed by atoms with Crippen molar-refractivity contribution in [2.45, 2.75) is 0 Å². The molecule has 0 aliphatic heterocycles. The molecule has 0 fully saturated rings. The number of nitrogens with one attached hydrogen (secondary N) is 2. The molecule has 8 heteroatoms. The maximum atomic E-state index is 13.1. The fourth-order valence-electron chi connectivity index (χ4n) is 2.88. The fourth-order valence-corrected chi connectivity index (χ4v) is 2.88. The summed E-state index contributed by atoms with van der Waals surface area (Å²) in [7, 11) is 1.54. The fraction of sp³-hybridized carbons (Fsp3) is 0.0500. The molecule has 0 saturated heterocycles. The lowest BCUT2D eigenvalue weighted by Gasteiger charge is -2.06. The number of hydrogen-bond donors (Lipinski definition) is 3. The summed E-state index contributed by atoms with van der Waals surface area (Å²) in [6.45, 7) is 0. The van der Waals surface area contributed by atoms with Gasteiger partial charge in [0, 0.05) is 30.7 Å². The van der Waals surface area contributed by atoms with Crippen LogP contribution < -0.4 is 16.4 Å².